The van der Waals surface area contributed by atoms with Gasteiger partial charge >= 0.3 is 0 Å². The van der Waals surface area contributed by atoms with Crippen LogP contribution in [0.1, 0.15) is 0 Å². The van der Waals surface area contributed by atoms with Gasteiger partial charge in [-0.2, -0.15) is 9.61 Å². The lowest BCUT2D eigenvalue weighted by Gasteiger charge is -2.07. The van der Waals surface area contributed by atoms with E-state index >= 15 is 0 Å². The van der Waals surface area contributed by atoms with Crippen molar-refractivity contribution in [3.05, 3.63) is 48.0 Å². The van der Waals surface area contributed by atoms with E-state index in [0.717, 1.165) is 11.6 Å². The Bertz CT molecular complexity index is 1110. The lowest BCUT2D eigenvalue weighted by molar-refractivity contribution is 0.355. The Balaban J connectivity index is 1.83. The summed E-state index contributed by atoms with van der Waals surface area (Å²) < 4.78 is 39.5. The fourth-order valence-electron chi connectivity index (χ4n) is 2.55. The van der Waals surface area contributed by atoms with Crippen molar-refractivity contribution in [3.8, 4) is 33.5 Å². The molecule has 0 bridgehead atoms. The third-order valence-corrected chi connectivity index (χ3v) is 4.76. The minimum atomic E-state index is -0.984. The second-order valence-corrected chi connectivity index (χ2v) is 6.25. The summed E-state index contributed by atoms with van der Waals surface area (Å²) in [5.74, 6) is -0.633. The molecule has 2 heterocycles. The maximum absolute atomic E-state index is 14.1. The van der Waals surface area contributed by atoms with Gasteiger partial charge in [-0.1, -0.05) is 17.4 Å². The number of ether oxygens (including phenoxy) is 2. The zero-order valence-electron chi connectivity index (χ0n) is 13.7. The molecule has 0 spiro atoms. The number of hydrogen-bond acceptors (Lipinski definition) is 6. The van der Waals surface area contributed by atoms with Gasteiger partial charge in [0.25, 0.3) is 0 Å². The van der Waals surface area contributed by atoms with E-state index in [0.29, 0.717) is 21.5 Å². The van der Waals surface area contributed by atoms with Crippen LogP contribution >= 0.6 is 11.3 Å². The number of hydrogen-bond donors (Lipinski definition) is 0. The first-order valence-electron chi connectivity index (χ1n) is 7.51. The highest BCUT2D eigenvalue weighted by Crippen LogP contribution is 2.35. The molecule has 9 heteroatoms. The number of nitrogens with zero attached hydrogens (tertiary/aromatic N) is 4. The summed E-state index contributed by atoms with van der Waals surface area (Å²) in [5, 5.41) is 13.0. The fraction of sp³-hybridized carbons (Fsp3) is 0.118. The monoisotopic (exact) mass is 374 g/mol. The van der Waals surface area contributed by atoms with Crippen molar-refractivity contribution < 1.29 is 18.3 Å². The largest absolute Gasteiger partial charge is 0.493 e. The number of aromatic nitrogens is 4. The highest BCUT2D eigenvalue weighted by atomic mass is 32.1. The second kappa shape index (κ2) is 6.34. The Hall–Kier alpha value is -3.07. The zero-order valence-corrected chi connectivity index (χ0v) is 14.6. The second-order valence-electron chi connectivity index (χ2n) is 5.30. The zero-order chi connectivity index (χ0) is 18.3. The number of rotatable bonds is 4. The van der Waals surface area contributed by atoms with Crippen LogP contribution < -0.4 is 9.47 Å². The first kappa shape index (κ1) is 16.4. The molecule has 0 aliphatic carbocycles. The standard InChI is InChI=1S/C17H12F2N4O2S/c1-24-12-7-6-9(8-13(12)25-2)16-22-23-15(20-21-17(23)26-16)10-4-3-5-11(18)14(10)19/h3-8H,1-2H3. The first-order chi connectivity index (χ1) is 12.6. The van der Waals surface area contributed by atoms with Gasteiger partial charge in [-0.05, 0) is 30.3 Å². The maximum Gasteiger partial charge on any atom is 0.235 e. The van der Waals surface area contributed by atoms with Gasteiger partial charge in [0.2, 0.25) is 4.96 Å². The topological polar surface area (TPSA) is 61.5 Å². The molecule has 0 saturated carbocycles. The summed E-state index contributed by atoms with van der Waals surface area (Å²) in [6.07, 6.45) is 0. The third-order valence-electron chi connectivity index (χ3n) is 3.81. The van der Waals surface area contributed by atoms with Crippen LogP contribution in [0.25, 0.3) is 26.9 Å². The Kier molecular flexibility index (Phi) is 4.00. The summed E-state index contributed by atoms with van der Waals surface area (Å²) in [4.78, 5) is 0.466. The minimum Gasteiger partial charge on any atom is -0.493 e. The van der Waals surface area contributed by atoms with Gasteiger partial charge in [-0.15, -0.1) is 10.2 Å². The van der Waals surface area contributed by atoms with Crippen LogP contribution in [0.5, 0.6) is 11.5 Å². The molecule has 26 heavy (non-hydrogen) atoms. The molecule has 2 aromatic carbocycles. The summed E-state index contributed by atoms with van der Waals surface area (Å²) in [7, 11) is 3.10. The Morgan fingerprint density at radius 2 is 1.81 bits per heavy atom. The molecule has 0 fully saturated rings. The van der Waals surface area contributed by atoms with E-state index in [1.54, 1.807) is 26.4 Å². The van der Waals surface area contributed by atoms with Crippen molar-refractivity contribution in [1.29, 1.82) is 0 Å². The Labute approximate surface area is 150 Å². The summed E-state index contributed by atoms with van der Waals surface area (Å²) in [6, 6.07) is 9.28. The molecule has 0 aliphatic rings. The van der Waals surface area contributed by atoms with Crippen LogP contribution in [0.15, 0.2) is 36.4 Å². The van der Waals surface area contributed by atoms with E-state index in [-0.39, 0.29) is 11.4 Å². The number of fused-ring (bicyclic) bond motifs is 1. The molecule has 6 nitrogen and oxygen atoms in total. The summed E-state index contributed by atoms with van der Waals surface area (Å²) in [5.41, 5.74) is 0.783. The van der Waals surface area contributed by atoms with Gasteiger partial charge in [0.15, 0.2) is 29.0 Å². The van der Waals surface area contributed by atoms with Crippen LogP contribution in [0.2, 0.25) is 0 Å². The van der Waals surface area contributed by atoms with E-state index in [2.05, 4.69) is 15.3 Å². The highest BCUT2D eigenvalue weighted by Gasteiger charge is 2.19. The molecule has 132 valence electrons. The molecule has 0 N–H and O–H groups in total. The fourth-order valence-corrected chi connectivity index (χ4v) is 3.38. The molecule has 4 rings (SSSR count). The van der Waals surface area contributed by atoms with Gasteiger partial charge < -0.3 is 9.47 Å². The van der Waals surface area contributed by atoms with Crippen molar-refractivity contribution >= 4 is 16.3 Å². The van der Waals surface area contributed by atoms with Crippen LogP contribution in [0.3, 0.4) is 0 Å². The molecule has 0 amide bonds. The van der Waals surface area contributed by atoms with Gasteiger partial charge in [-0.3, -0.25) is 0 Å². The van der Waals surface area contributed by atoms with Crippen LogP contribution in [0, 0.1) is 11.6 Å². The molecule has 2 aromatic heterocycles. The van der Waals surface area contributed by atoms with Crippen LogP contribution in [-0.2, 0) is 0 Å². The van der Waals surface area contributed by atoms with Crippen molar-refractivity contribution in [1.82, 2.24) is 19.8 Å². The predicted molar refractivity (Wildman–Crippen MR) is 92.6 cm³/mol. The molecule has 0 radical (unpaired) electrons. The van der Waals surface area contributed by atoms with Crippen LogP contribution in [0.4, 0.5) is 8.78 Å². The summed E-state index contributed by atoms with van der Waals surface area (Å²) >= 11 is 1.27. The van der Waals surface area contributed by atoms with Gasteiger partial charge in [-0.25, -0.2) is 8.78 Å². The lowest BCUT2D eigenvalue weighted by atomic mass is 10.2. The average molecular weight is 374 g/mol. The Morgan fingerprint density at radius 1 is 1.00 bits per heavy atom. The lowest BCUT2D eigenvalue weighted by Crippen LogP contribution is -1.96. The van der Waals surface area contributed by atoms with Gasteiger partial charge in [0.05, 0.1) is 19.8 Å². The number of halogens is 2. The summed E-state index contributed by atoms with van der Waals surface area (Å²) in [6.45, 7) is 0. The van der Waals surface area contributed by atoms with E-state index < -0.39 is 11.6 Å². The van der Waals surface area contributed by atoms with Gasteiger partial charge in [0, 0.05) is 5.56 Å². The molecular weight excluding hydrogens is 362 g/mol. The molecule has 4 aromatic rings. The normalized spacial score (nSPS) is 11.1. The molecule has 0 saturated heterocycles. The quantitative estimate of drug-likeness (QED) is 0.544. The minimum absolute atomic E-state index is 0.00154. The van der Waals surface area contributed by atoms with E-state index in [4.69, 9.17) is 9.47 Å². The molecule has 0 aliphatic heterocycles. The predicted octanol–water partition coefficient (Wildman–Crippen LogP) is 3.82. The number of methoxy groups -OCH3 is 2. The first-order valence-corrected chi connectivity index (χ1v) is 8.33. The molecule has 0 atom stereocenters. The van der Waals surface area contributed by atoms with E-state index in [9.17, 15) is 8.78 Å². The maximum atomic E-state index is 14.1. The van der Waals surface area contributed by atoms with Crippen molar-refractivity contribution in [3.63, 3.8) is 0 Å². The van der Waals surface area contributed by atoms with Crippen molar-refractivity contribution in [2.24, 2.45) is 0 Å². The molecular formula is C17H12F2N4O2S. The Morgan fingerprint density at radius 3 is 2.58 bits per heavy atom. The van der Waals surface area contributed by atoms with Crippen molar-refractivity contribution in [2.45, 2.75) is 0 Å². The average Bonchev–Trinajstić information content (AvgIpc) is 3.24. The SMILES string of the molecule is COc1ccc(-c2nn3c(-c4cccc(F)c4F)nnc3s2)cc1OC. The smallest absolute Gasteiger partial charge is 0.235 e. The van der Waals surface area contributed by atoms with Crippen molar-refractivity contribution in [2.75, 3.05) is 14.2 Å². The van der Waals surface area contributed by atoms with Gasteiger partial charge in [0.1, 0.15) is 5.01 Å². The van der Waals surface area contributed by atoms with E-state index in [1.807, 2.05) is 6.07 Å². The van der Waals surface area contributed by atoms with E-state index in [1.165, 1.54) is 28.0 Å². The number of benzene rings is 2. The highest BCUT2D eigenvalue weighted by molar-refractivity contribution is 7.19. The third kappa shape index (κ3) is 2.57. The molecule has 0 unspecified atom stereocenters. The van der Waals surface area contributed by atoms with Crippen LogP contribution in [-0.4, -0.2) is 34.0 Å².